The molecule has 0 spiro atoms. The molecule has 24 heavy (non-hydrogen) atoms. The van der Waals surface area contributed by atoms with Crippen molar-refractivity contribution >= 4 is 43.8 Å². The first kappa shape index (κ1) is 17.7. The molecule has 1 saturated heterocycles. The molecule has 1 aromatic carbocycles. The molecule has 0 aliphatic carbocycles. The minimum absolute atomic E-state index is 0.0160. The Morgan fingerprint density at radius 2 is 1.96 bits per heavy atom. The molecule has 9 heteroatoms. The first-order valence-corrected chi connectivity index (χ1v) is 11.1. The number of thioether (sulfide) groups is 1. The molecule has 1 fully saturated rings. The van der Waals surface area contributed by atoms with E-state index in [-0.39, 0.29) is 16.8 Å². The van der Waals surface area contributed by atoms with Gasteiger partial charge in [0.1, 0.15) is 0 Å². The van der Waals surface area contributed by atoms with Gasteiger partial charge in [-0.05, 0) is 23.6 Å². The first-order chi connectivity index (χ1) is 11.3. The Labute approximate surface area is 149 Å². The van der Waals surface area contributed by atoms with Crippen molar-refractivity contribution in [3.8, 4) is 0 Å². The number of nitrogens with one attached hydrogen (secondary N) is 1. The number of hydrogen-bond donors (Lipinski definition) is 2. The maximum atomic E-state index is 11.5. The SMILES string of the molecule is CC(C)c1ccc(Nc2nnc(S[C@@H]3CS(=O)(=O)C[C@@H]3O)s2)cc1. The van der Waals surface area contributed by atoms with Crippen molar-refractivity contribution in [2.45, 2.75) is 35.5 Å². The molecule has 3 rings (SSSR count). The Bertz CT molecular complexity index is 803. The fourth-order valence-corrected chi connectivity index (χ4v) is 6.95. The van der Waals surface area contributed by atoms with Gasteiger partial charge in [-0.3, -0.25) is 0 Å². The van der Waals surface area contributed by atoms with Crippen LogP contribution in [0.3, 0.4) is 0 Å². The molecule has 6 nitrogen and oxygen atoms in total. The van der Waals surface area contributed by atoms with Gasteiger partial charge in [-0.1, -0.05) is 49.1 Å². The molecule has 0 unspecified atom stereocenters. The van der Waals surface area contributed by atoms with E-state index >= 15 is 0 Å². The van der Waals surface area contributed by atoms with Gasteiger partial charge in [0.15, 0.2) is 14.2 Å². The Balaban J connectivity index is 1.63. The van der Waals surface area contributed by atoms with Crippen molar-refractivity contribution in [1.82, 2.24) is 10.2 Å². The second-order valence-corrected chi connectivity index (χ2v) is 10.7. The molecule has 0 saturated carbocycles. The van der Waals surface area contributed by atoms with E-state index in [1.807, 2.05) is 12.1 Å². The molecule has 130 valence electrons. The summed E-state index contributed by atoms with van der Waals surface area (Å²) in [5, 5.41) is 21.4. The third kappa shape index (κ3) is 4.27. The van der Waals surface area contributed by atoms with Crippen LogP contribution in [0, 0.1) is 0 Å². The number of anilines is 2. The monoisotopic (exact) mass is 385 g/mol. The standard InChI is InChI=1S/C15H19N3O3S3/c1-9(2)10-3-5-11(6-4-10)16-14-17-18-15(23-14)22-13-8-24(20,21)7-12(13)19/h3-6,9,12-13,19H,7-8H2,1-2H3,(H,16,17)/t12-,13+/m0/s1. The second kappa shape index (κ2) is 6.99. The predicted octanol–water partition coefficient (Wildman–Crippen LogP) is 2.66. The Kier molecular flexibility index (Phi) is 5.14. The number of aliphatic hydroxyl groups is 1. The number of hydrogen-bond acceptors (Lipinski definition) is 8. The summed E-state index contributed by atoms with van der Waals surface area (Å²) in [6, 6.07) is 8.14. The third-order valence-corrected chi connectivity index (χ3v) is 7.93. The van der Waals surface area contributed by atoms with Crippen LogP contribution in [0.15, 0.2) is 28.6 Å². The van der Waals surface area contributed by atoms with Gasteiger partial charge in [0.2, 0.25) is 5.13 Å². The van der Waals surface area contributed by atoms with E-state index in [2.05, 4.69) is 41.5 Å². The lowest BCUT2D eigenvalue weighted by Crippen LogP contribution is -2.19. The van der Waals surface area contributed by atoms with Crippen LogP contribution in [-0.2, 0) is 9.84 Å². The fourth-order valence-electron chi connectivity index (χ4n) is 2.42. The Morgan fingerprint density at radius 3 is 2.54 bits per heavy atom. The number of sulfone groups is 1. The lowest BCUT2D eigenvalue weighted by Gasteiger charge is -2.08. The van der Waals surface area contributed by atoms with Gasteiger partial charge in [0.05, 0.1) is 22.9 Å². The molecule has 1 aromatic heterocycles. The first-order valence-electron chi connectivity index (χ1n) is 7.58. The van der Waals surface area contributed by atoms with Gasteiger partial charge in [0, 0.05) is 5.69 Å². The van der Waals surface area contributed by atoms with Crippen molar-refractivity contribution in [1.29, 1.82) is 0 Å². The Hall–Kier alpha value is -1.16. The van der Waals surface area contributed by atoms with Crippen molar-refractivity contribution in [2.75, 3.05) is 16.8 Å². The summed E-state index contributed by atoms with van der Waals surface area (Å²) in [6.45, 7) is 4.29. The molecule has 2 N–H and O–H groups in total. The van der Waals surface area contributed by atoms with Crippen LogP contribution in [0.4, 0.5) is 10.8 Å². The molecule has 2 atom stereocenters. The lowest BCUT2D eigenvalue weighted by molar-refractivity contribution is 0.207. The molecule has 2 heterocycles. The predicted molar refractivity (Wildman–Crippen MR) is 98.0 cm³/mol. The van der Waals surface area contributed by atoms with E-state index in [4.69, 9.17) is 0 Å². The minimum Gasteiger partial charge on any atom is -0.391 e. The zero-order chi connectivity index (χ0) is 17.3. The summed E-state index contributed by atoms with van der Waals surface area (Å²) < 4.78 is 23.7. The molecule has 0 bridgehead atoms. The van der Waals surface area contributed by atoms with Crippen molar-refractivity contribution in [3.05, 3.63) is 29.8 Å². The summed E-state index contributed by atoms with van der Waals surface area (Å²) in [4.78, 5) is 0. The number of rotatable bonds is 5. The van der Waals surface area contributed by atoms with Gasteiger partial charge in [-0.15, -0.1) is 10.2 Å². The average molecular weight is 386 g/mol. The lowest BCUT2D eigenvalue weighted by atomic mass is 10.0. The summed E-state index contributed by atoms with van der Waals surface area (Å²) in [5.41, 5.74) is 2.20. The van der Waals surface area contributed by atoms with E-state index in [9.17, 15) is 13.5 Å². The molecule has 0 amide bonds. The quantitative estimate of drug-likeness (QED) is 0.817. The minimum atomic E-state index is -3.15. The average Bonchev–Trinajstić information content (AvgIpc) is 3.03. The van der Waals surface area contributed by atoms with Crippen LogP contribution in [-0.4, -0.2) is 46.6 Å². The van der Waals surface area contributed by atoms with Gasteiger partial charge in [0.25, 0.3) is 0 Å². The highest BCUT2D eigenvalue weighted by Crippen LogP contribution is 2.35. The summed E-state index contributed by atoms with van der Waals surface area (Å²) >= 11 is 2.63. The molecule has 2 aromatic rings. The molecular weight excluding hydrogens is 366 g/mol. The van der Waals surface area contributed by atoms with E-state index in [1.165, 1.54) is 28.7 Å². The zero-order valence-electron chi connectivity index (χ0n) is 13.3. The maximum Gasteiger partial charge on any atom is 0.210 e. The molecule has 1 aliphatic rings. The normalized spacial score (nSPS) is 22.8. The van der Waals surface area contributed by atoms with Crippen molar-refractivity contribution in [2.24, 2.45) is 0 Å². The third-order valence-electron chi connectivity index (χ3n) is 3.76. The Morgan fingerprint density at radius 1 is 1.25 bits per heavy atom. The van der Waals surface area contributed by atoms with E-state index in [1.54, 1.807) is 0 Å². The van der Waals surface area contributed by atoms with E-state index < -0.39 is 15.9 Å². The number of aliphatic hydroxyl groups excluding tert-OH is 1. The van der Waals surface area contributed by atoms with Gasteiger partial charge in [-0.25, -0.2) is 8.42 Å². The van der Waals surface area contributed by atoms with Crippen LogP contribution in [0.2, 0.25) is 0 Å². The summed E-state index contributed by atoms with van der Waals surface area (Å²) in [7, 11) is -3.15. The van der Waals surface area contributed by atoms with E-state index in [0.29, 0.717) is 15.4 Å². The fraction of sp³-hybridized carbons (Fsp3) is 0.467. The molecule has 1 aliphatic heterocycles. The highest BCUT2D eigenvalue weighted by molar-refractivity contribution is 8.03. The largest absolute Gasteiger partial charge is 0.391 e. The highest BCUT2D eigenvalue weighted by Gasteiger charge is 2.37. The number of benzene rings is 1. The van der Waals surface area contributed by atoms with Crippen LogP contribution in [0.25, 0.3) is 0 Å². The highest BCUT2D eigenvalue weighted by atomic mass is 32.2. The van der Waals surface area contributed by atoms with Gasteiger partial charge in [-0.2, -0.15) is 0 Å². The molecular formula is C15H19N3O3S3. The number of nitrogens with zero attached hydrogens (tertiary/aromatic N) is 2. The second-order valence-electron chi connectivity index (χ2n) is 6.08. The smallest absolute Gasteiger partial charge is 0.210 e. The van der Waals surface area contributed by atoms with Gasteiger partial charge >= 0.3 is 0 Å². The van der Waals surface area contributed by atoms with E-state index in [0.717, 1.165) is 5.69 Å². The van der Waals surface area contributed by atoms with Crippen LogP contribution < -0.4 is 5.32 Å². The van der Waals surface area contributed by atoms with Crippen LogP contribution in [0.1, 0.15) is 25.3 Å². The van der Waals surface area contributed by atoms with Crippen LogP contribution >= 0.6 is 23.1 Å². The van der Waals surface area contributed by atoms with Crippen molar-refractivity contribution < 1.29 is 13.5 Å². The number of aromatic nitrogens is 2. The van der Waals surface area contributed by atoms with Crippen molar-refractivity contribution in [3.63, 3.8) is 0 Å². The van der Waals surface area contributed by atoms with Gasteiger partial charge < -0.3 is 10.4 Å². The molecule has 0 radical (unpaired) electrons. The zero-order valence-corrected chi connectivity index (χ0v) is 15.8. The topological polar surface area (TPSA) is 92.2 Å². The summed E-state index contributed by atoms with van der Waals surface area (Å²) in [5.74, 6) is 0.298. The maximum absolute atomic E-state index is 11.5. The summed E-state index contributed by atoms with van der Waals surface area (Å²) in [6.07, 6.45) is -0.844. The van der Waals surface area contributed by atoms with Crippen LogP contribution in [0.5, 0.6) is 0 Å².